The monoisotopic (exact) mass is 286 g/mol. The largest absolute Gasteiger partial charge is 0.456 e. The van der Waals surface area contributed by atoms with Gasteiger partial charge in [-0.3, -0.25) is 0 Å². The van der Waals surface area contributed by atoms with Crippen molar-refractivity contribution in [1.29, 1.82) is 0 Å². The predicted octanol–water partition coefficient (Wildman–Crippen LogP) is 3.04. The van der Waals surface area contributed by atoms with Crippen LogP contribution in [0.5, 0.6) is 0 Å². The molecule has 0 N–H and O–H groups in total. The molecule has 2 aromatic rings. The summed E-state index contributed by atoms with van der Waals surface area (Å²) in [5, 5.41) is 0.894. The van der Waals surface area contributed by atoms with E-state index in [4.69, 9.17) is 13.9 Å². The van der Waals surface area contributed by atoms with Gasteiger partial charge in [0.2, 0.25) is 0 Å². The number of carbonyl (C=O) groups excluding carboxylic acids is 2. The van der Waals surface area contributed by atoms with Crippen molar-refractivity contribution in [3.05, 3.63) is 41.7 Å². The number of benzene rings is 1. The molecule has 0 amide bonds. The number of furan rings is 1. The third kappa shape index (κ3) is 2.31. The number of ether oxygens (including phenoxy) is 2. The number of allylic oxidation sites excluding steroid dienone is 1. The molecule has 0 saturated carbocycles. The standard InChI is InChI=1S/C16H14O5/c1-9(12-8-10-6-4-5-7-11(10)19-12)13-14(17)20-16(2,3)21-15(13)18/h4-8H,1-3H3. The van der Waals surface area contributed by atoms with E-state index in [1.165, 1.54) is 13.8 Å². The number of carbonyl (C=O) groups is 2. The number of esters is 2. The summed E-state index contributed by atoms with van der Waals surface area (Å²) in [7, 11) is 0. The third-order valence-corrected chi connectivity index (χ3v) is 3.26. The fraction of sp³-hybridized carbons (Fsp3) is 0.250. The Morgan fingerprint density at radius 3 is 2.29 bits per heavy atom. The smallest absolute Gasteiger partial charge is 0.349 e. The van der Waals surface area contributed by atoms with Gasteiger partial charge in [-0.1, -0.05) is 18.2 Å². The Hall–Kier alpha value is -2.56. The summed E-state index contributed by atoms with van der Waals surface area (Å²) in [6.45, 7) is 4.65. The Balaban J connectivity index is 2.08. The first kappa shape index (κ1) is 13.4. The first-order valence-corrected chi connectivity index (χ1v) is 6.54. The highest BCUT2D eigenvalue weighted by molar-refractivity contribution is 6.20. The van der Waals surface area contributed by atoms with Gasteiger partial charge in [0.1, 0.15) is 11.3 Å². The highest BCUT2D eigenvalue weighted by Crippen LogP contribution is 2.31. The Kier molecular flexibility index (Phi) is 2.86. The summed E-state index contributed by atoms with van der Waals surface area (Å²) >= 11 is 0. The van der Waals surface area contributed by atoms with Gasteiger partial charge in [-0.15, -0.1) is 0 Å². The highest BCUT2D eigenvalue weighted by atomic mass is 16.7. The quantitative estimate of drug-likeness (QED) is 0.458. The average Bonchev–Trinajstić information content (AvgIpc) is 2.79. The molecule has 1 fully saturated rings. The van der Waals surface area contributed by atoms with Crippen LogP contribution in [0.3, 0.4) is 0 Å². The topological polar surface area (TPSA) is 65.7 Å². The van der Waals surface area contributed by atoms with Crippen molar-refractivity contribution in [2.45, 2.75) is 26.6 Å². The fourth-order valence-electron chi connectivity index (χ4n) is 2.25. The van der Waals surface area contributed by atoms with Crippen LogP contribution in [0.2, 0.25) is 0 Å². The van der Waals surface area contributed by atoms with Gasteiger partial charge in [0, 0.05) is 24.8 Å². The molecule has 1 aliphatic rings. The number of rotatable bonds is 1. The lowest BCUT2D eigenvalue weighted by Crippen LogP contribution is -2.42. The summed E-state index contributed by atoms with van der Waals surface area (Å²) < 4.78 is 15.8. The van der Waals surface area contributed by atoms with E-state index < -0.39 is 17.7 Å². The minimum Gasteiger partial charge on any atom is -0.456 e. The van der Waals surface area contributed by atoms with Crippen molar-refractivity contribution in [1.82, 2.24) is 0 Å². The molecule has 21 heavy (non-hydrogen) atoms. The second-order valence-corrected chi connectivity index (χ2v) is 5.33. The number of hydrogen-bond donors (Lipinski definition) is 0. The van der Waals surface area contributed by atoms with Crippen LogP contribution in [0.25, 0.3) is 16.5 Å². The van der Waals surface area contributed by atoms with Gasteiger partial charge in [0.05, 0.1) is 0 Å². The summed E-state index contributed by atoms with van der Waals surface area (Å²) in [4.78, 5) is 24.1. The molecule has 1 aromatic carbocycles. The summed E-state index contributed by atoms with van der Waals surface area (Å²) in [5.41, 5.74) is 0.954. The van der Waals surface area contributed by atoms with Crippen LogP contribution in [-0.4, -0.2) is 17.7 Å². The van der Waals surface area contributed by atoms with Crippen LogP contribution in [0, 0.1) is 0 Å². The predicted molar refractivity (Wildman–Crippen MR) is 75.1 cm³/mol. The maximum Gasteiger partial charge on any atom is 0.349 e. The molecule has 0 spiro atoms. The van der Waals surface area contributed by atoms with Gasteiger partial charge in [-0.2, -0.15) is 0 Å². The van der Waals surface area contributed by atoms with E-state index in [2.05, 4.69) is 0 Å². The third-order valence-electron chi connectivity index (χ3n) is 3.26. The molecule has 0 unspecified atom stereocenters. The molecule has 108 valence electrons. The maximum atomic E-state index is 12.0. The van der Waals surface area contributed by atoms with Gasteiger partial charge < -0.3 is 13.9 Å². The molecule has 1 aromatic heterocycles. The zero-order valence-corrected chi connectivity index (χ0v) is 11.9. The highest BCUT2D eigenvalue weighted by Gasteiger charge is 2.40. The normalized spacial score (nSPS) is 17.6. The Morgan fingerprint density at radius 1 is 1.05 bits per heavy atom. The number of hydrogen-bond acceptors (Lipinski definition) is 5. The zero-order chi connectivity index (χ0) is 15.2. The van der Waals surface area contributed by atoms with Gasteiger partial charge in [-0.05, 0) is 19.1 Å². The molecule has 1 aliphatic heterocycles. The van der Waals surface area contributed by atoms with E-state index in [0.29, 0.717) is 16.9 Å². The number of para-hydroxylation sites is 1. The van der Waals surface area contributed by atoms with Gasteiger partial charge in [0.15, 0.2) is 5.57 Å². The molecular weight excluding hydrogens is 272 g/mol. The zero-order valence-electron chi connectivity index (χ0n) is 11.9. The molecule has 5 nitrogen and oxygen atoms in total. The molecule has 0 atom stereocenters. The van der Waals surface area contributed by atoms with Gasteiger partial charge in [0.25, 0.3) is 5.79 Å². The Labute approximate surface area is 121 Å². The molecular formula is C16H14O5. The maximum absolute atomic E-state index is 12.0. The Morgan fingerprint density at radius 2 is 1.67 bits per heavy atom. The van der Waals surface area contributed by atoms with Crippen LogP contribution in [0.4, 0.5) is 0 Å². The molecule has 3 rings (SSSR count). The van der Waals surface area contributed by atoms with E-state index >= 15 is 0 Å². The van der Waals surface area contributed by atoms with Crippen LogP contribution in [-0.2, 0) is 19.1 Å². The minimum atomic E-state index is -1.24. The molecule has 2 heterocycles. The van der Waals surface area contributed by atoms with Gasteiger partial charge in [-0.25, -0.2) is 9.59 Å². The van der Waals surface area contributed by atoms with E-state index in [0.717, 1.165) is 5.39 Å². The molecule has 1 saturated heterocycles. The van der Waals surface area contributed by atoms with E-state index in [-0.39, 0.29) is 5.57 Å². The Bertz CT molecular complexity index is 724. The lowest BCUT2D eigenvalue weighted by molar-refractivity contribution is -0.222. The van der Waals surface area contributed by atoms with Crippen molar-refractivity contribution in [2.75, 3.05) is 0 Å². The van der Waals surface area contributed by atoms with Crippen LogP contribution in [0.15, 0.2) is 40.3 Å². The van der Waals surface area contributed by atoms with E-state index in [1.807, 2.05) is 24.3 Å². The second kappa shape index (κ2) is 4.48. The molecule has 0 bridgehead atoms. The average molecular weight is 286 g/mol. The van der Waals surface area contributed by atoms with Crippen molar-refractivity contribution in [3.8, 4) is 0 Å². The summed E-state index contributed by atoms with van der Waals surface area (Å²) in [6.07, 6.45) is 0. The lowest BCUT2D eigenvalue weighted by Gasteiger charge is -2.30. The summed E-state index contributed by atoms with van der Waals surface area (Å²) in [6, 6.07) is 9.22. The van der Waals surface area contributed by atoms with Crippen LogP contribution in [0.1, 0.15) is 26.5 Å². The van der Waals surface area contributed by atoms with Crippen molar-refractivity contribution >= 4 is 28.5 Å². The first-order valence-electron chi connectivity index (χ1n) is 6.54. The van der Waals surface area contributed by atoms with Crippen molar-refractivity contribution < 1.29 is 23.5 Å². The van der Waals surface area contributed by atoms with Crippen LogP contribution < -0.4 is 0 Å². The first-order chi connectivity index (χ1) is 9.87. The fourth-order valence-corrected chi connectivity index (χ4v) is 2.25. The van der Waals surface area contributed by atoms with Crippen molar-refractivity contribution in [3.63, 3.8) is 0 Å². The molecule has 0 aliphatic carbocycles. The van der Waals surface area contributed by atoms with Gasteiger partial charge >= 0.3 is 11.9 Å². The summed E-state index contributed by atoms with van der Waals surface area (Å²) in [5.74, 6) is -2.20. The van der Waals surface area contributed by atoms with Crippen LogP contribution >= 0.6 is 0 Å². The van der Waals surface area contributed by atoms with E-state index in [9.17, 15) is 9.59 Å². The number of cyclic esters (lactones) is 2. The second-order valence-electron chi connectivity index (χ2n) is 5.33. The number of fused-ring (bicyclic) bond motifs is 1. The molecule has 5 heteroatoms. The SMILES string of the molecule is CC(=C1C(=O)OC(C)(C)OC1=O)c1cc2ccccc2o1. The minimum absolute atomic E-state index is 0.131. The molecule has 0 radical (unpaired) electrons. The van der Waals surface area contributed by atoms with E-state index in [1.54, 1.807) is 13.0 Å². The van der Waals surface area contributed by atoms with Crippen molar-refractivity contribution in [2.24, 2.45) is 0 Å². The lowest BCUT2D eigenvalue weighted by atomic mass is 10.1.